The number of fused-ring (bicyclic) bond motifs is 1. The molecule has 0 bridgehead atoms. The van der Waals surface area contributed by atoms with E-state index in [0.717, 1.165) is 16.3 Å². The Morgan fingerprint density at radius 1 is 1.10 bits per heavy atom. The average molecular weight is 332 g/mol. The zero-order chi connectivity index (χ0) is 14.1. The molecule has 0 aliphatic rings. The van der Waals surface area contributed by atoms with E-state index in [1.807, 2.05) is 24.3 Å². The molecule has 0 saturated heterocycles. The third kappa shape index (κ3) is 2.32. The lowest BCUT2D eigenvalue weighted by atomic mass is 9.97. The van der Waals surface area contributed by atoms with Crippen LogP contribution < -0.4 is 0 Å². The summed E-state index contributed by atoms with van der Waals surface area (Å²) in [4.78, 5) is 4.07. The minimum Gasteiger partial charge on any atom is -0.384 e. The number of hydrogen-bond acceptors (Lipinski definition) is 2. The van der Waals surface area contributed by atoms with Crippen LogP contribution >= 0.6 is 15.9 Å². The van der Waals surface area contributed by atoms with E-state index in [1.54, 1.807) is 18.5 Å². The molecule has 0 spiro atoms. The van der Waals surface area contributed by atoms with Gasteiger partial charge in [0.05, 0.1) is 0 Å². The Morgan fingerprint density at radius 2 is 1.95 bits per heavy atom. The molecule has 2 aromatic carbocycles. The van der Waals surface area contributed by atoms with Gasteiger partial charge in [0, 0.05) is 22.3 Å². The lowest BCUT2D eigenvalue weighted by Gasteiger charge is -2.15. The molecular weight excluding hydrogens is 321 g/mol. The van der Waals surface area contributed by atoms with Crippen LogP contribution in [0, 0.1) is 5.82 Å². The summed E-state index contributed by atoms with van der Waals surface area (Å²) in [6.45, 7) is 0. The third-order valence-corrected chi connectivity index (χ3v) is 3.95. The summed E-state index contributed by atoms with van der Waals surface area (Å²) in [7, 11) is 0. The summed E-state index contributed by atoms with van der Waals surface area (Å²) >= 11 is 3.30. The van der Waals surface area contributed by atoms with Gasteiger partial charge in [-0.15, -0.1) is 0 Å². The fraction of sp³-hybridized carbons (Fsp3) is 0.0625. The van der Waals surface area contributed by atoms with Crippen molar-refractivity contribution < 1.29 is 9.50 Å². The van der Waals surface area contributed by atoms with E-state index < -0.39 is 6.10 Å². The largest absolute Gasteiger partial charge is 0.384 e. The first-order chi connectivity index (χ1) is 9.66. The third-order valence-electron chi connectivity index (χ3n) is 3.27. The summed E-state index contributed by atoms with van der Waals surface area (Å²) in [6.07, 6.45) is 2.62. The van der Waals surface area contributed by atoms with Crippen LogP contribution in [0.4, 0.5) is 4.39 Å². The highest BCUT2D eigenvalue weighted by Gasteiger charge is 2.16. The summed E-state index contributed by atoms with van der Waals surface area (Å²) < 4.78 is 13.7. The van der Waals surface area contributed by atoms with Crippen LogP contribution in [0.25, 0.3) is 10.8 Å². The molecule has 0 amide bonds. The van der Waals surface area contributed by atoms with Gasteiger partial charge in [0.25, 0.3) is 0 Å². The molecule has 1 heterocycles. The smallest absolute Gasteiger partial charge is 0.124 e. The molecule has 0 aliphatic heterocycles. The van der Waals surface area contributed by atoms with E-state index in [4.69, 9.17) is 0 Å². The molecule has 3 rings (SSSR count). The van der Waals surface area contributed by atoms with Gasteiger partial charge in [-0.2, -0.15) is 0 Å². The Hall–Kier alpha value is -1.78. The van der Waals surface area contributed by atoms with Gasteiger partial charge < -0.3 is 5.11 Å². The number of benzene rings is 2. The van der Waals surface area contributed by atoms with Gasteiger partial charge in [-0.1, -0.05) is 40.2 Å². The van der Waals surface area contributed by atoms with Gasteiger partial charge in [0.1, 0.15) is 11.9 Å². The number of aromatic nitrogens is 1. The van der Waals surface area contributed by atoms with Crippen molar-refractivity contribution in [2.75, 3.05) is 0 Å². The number of nitrogens with zero attached hydrogens (tertiary/aromatic N) is 1. The highest BCUT2D eigenvalue weighted by molar-refractivity contribution is 9.10. The number of rotatable bonds is 2. The molecule has 0 saturated carbocycles. The molecule has 0 radical (unpaired) electrons. The van der Waals surface area contributed by atoms with Gasteiger partial charge in [0.15, 0.2) is 0 Å². The maximum Gasteiger partial charge on any atom is 0.124 e. The Balaban J connectivity index is 2.15. The number of hydrogen-bond donors (Lipinski definition) is 1. The second kappa shape index (κ2) is 5.31. The lowest BCUT2D eigenvalue weighted by molar-refractivity contribution is 0.221. The molecule has 0 fully saturated rings. The van der Waals surface area contributed by atoms with Crippen molar-refractivity contribution in [3.63, 3.8) is 0 Å². The number of halogens is 2. The highest BCUT2D eigenvalue weighted by atomic mass is 79.9. The van der Waals surface area contributed by atoms with E-state index in [2.05, 4.69) is 20.9 Å². The monoisotopic (exact) mass is 331 g/mol. The molecule has 20 heavy (non-hydrogen) atoms. The van der Waals surface area contributed by atoms with Gasteiger partial charge in [0.2, 0.25) is 0 Å². The van der Waals surface area contributed by atoms with Crippen molar-refractivity contribution in [1.82, 2.24) is 4.98 Å². The van der Waals surface area contributed by atoms with Crippen molar-refractivity contribution in [2.45, 2.75) is 6.10 Å². The quantitative estimate of drug-likeness (QED) is 0.762. The topological polar surface area (TPSA) is 33.1 Å². The highest BCUT2D eigenvalue weighted by Crippen LogP contribution is 2.32. The molecule has 4 heteroatoms. The predicted octanol–water partition coefficient (Wildman–Crippen LogP) is 4.22. The SMILES string of the molecule is OC(c1ccc(F)cc1Br)c1cccc2cnccc12. The molecular formula is C16H11BrFNO. The van der Waals surface area contributed by atoms with Crippen LogP contribution in [-0.2, 0) is 0 Å². The van der Waals surface area contributed by atoms with E-state index in [-0.39, 0.29) is 5.82 Å². The molecule has 1 N–H and O–H groups in total. The minimum absolute atomic E-state index is 0.338. The van der Waals surface area contributed by atoms with Gasteiger partial charge >= 0.3 is 0 Å². The van der Waals surface area contributed by atoms with Gasteiger partial charge in [-0.05, 0) is 34.7 Å². The normalized spacial score (nSPS) is 12.6. The van der Waals surface area contributed by atoms with Crippen LogP contribution in [0.5, 0.6) is 0 Å². The van der Waals surface area contributed by atoms with Gasteiger partial charge in [-0.3, -0.25) is 4.98 Å². The summed E-state index contributed by atoms with van der Waals surface area (Å²) in [5, 5.41) is 12.5. The summed E-state index contributed by atoms with van der Waals surface area (Å²) in [6, 6.07) is 11.8. The van der Waals surface area contributed by atoms with Crippen LogP contribution in [0.3, 0.4) is 0 Å². The van der Waals surface area contributed by atoms with E-state index >= 15 is 0 Å². The zero-order valence-electron chi connectivity index (χ0n) is 10.4. The minimum atomic E-state index is -0.823. The van der Waals surface area contributed by atoms with E-state index in [9.17, 15) is 9.50 Å². The van der Waals surface area contributed by atoms with Crippen molar-refractivity contribution in [3.05, 3.63) is 76.3 Å². The molecule has 1 aromatic heterocycles. The van der Waals surface area contributed by atoms with Crippen LogP contribution in [0.1, 0.15) is 17.2 Å². The van der Waals surface area contributed by atoms with Crippen molar-refractivity contribution in [1.29, 1.82) is 0 Å². The zero-order valence-corrected chi connectivity index (χ0v) is 12.0. The Morgan fingerprint density at radius 3 is 2.75 bits per heavy atom. The second-order valence-corrected chi connectivity index (χ2v) is 5.37. The Kier molecular flexibility index (Phi) is 3.51. The molecule has 2 nitrogen and oxygen atoms in total. The van der Waals surface area contributed by atoms with Crippen LogP contribution in [0.2, 0.25) is 0 Å². The first-order valence-corrected chi connectivity index (χ1v) is 6.92. The van der Waals surface area contributed by atoms with Crippen molar-refractivity contribution in [3.8, 4) is 0 Å². The number of aliphatic hydroxyl groups is 1. The van der Waals surface area contributed by atoms with Crippen molar-refractivity contribution in [2.24, 2.45) is 0 Å². The number of pyridine rings is 1. The van der Waals surface area contributed by atoms with E-state index in [0.29, 0.717) is 10.0 Å². The average Bonchev–Trinajstić information content (AvgIpc) is 2.46. The van der Waals surface area contributed by atoms with Gasteiger partial charge in [-0.25, -0.2) is 4.39 Å². The Bertz CT molecular complexity index is 770. The molecule has 1 atom stereocenters. The Labute approximate surface area is 124 Å². The fourth-order valence-corrected chi connectivity index (χ4v) is 2.84. The lowest BCUT2D eigenvalue weighted by Crippen LogP contribution is -2.02. The molecule has 1 unspecified atom stereocenters. The first kappa shape index (κ1) is 13.2. The number of aliphatic hydroxyl groups excluding tert-OH is 1. The molecule has 3 aromatic rings. The maximum atomic E-state index is 13.1. The summed E-state index contributed by atoms with van der Waals surface area (Å²) in [5.41, 5.74) is 1.41. The fourth-order valence-electron chi connectivity index (χ4n) is 2.28. The standard InChI is InChI=1S/C16H11BrFNO/c17-15-8-11(18)4-5-14(15)16(20)13-3-1-2-10-9-19-7-6-12(10)13/h1-9,16,20H. The van der Waals surface area contributed by atoms with Crippen molar-refractivity contribution >= 4 is 26.7 Å². The van der Waals surface area contributed by atoms with Crippen LogP contribution in [-0.4, -0.2) is 10.1 Å². The predicted molar refractivity (Wildman–Crippen MR) is 79.9 cm³/mol. The first-order valence-electron chi connectivity index (χ1n) is 6.12. The van der Waals surface area contributed by atoms with Crippen LogP contribution in [0.15, 0.2) is 59.3 Å². The molecule has 100 valence electrons. The van der Waals surface area contributed by atoms with E-state index in [1.165, 1.54) is 12.1 Å². The molecule has 0 aliphatic carbocycles. The summed E-state index contributed by atoms with van der Waals surface area (Å²) in [5.74, 6) is -0.338. The second-order valence-electron chi connectivity index (χ2n) is 4.51. The maximum absolute atomic E-state index is 13.1.